The van der Waals surface area contributed by atoms with Crippen molar-refractivity contribution in [2.24, 2.45) is 17.8 Å². The lowest BCUT2D eigenvalue weighted by molar-refractivity contribution is -0.149. The summed E-state index contributed by atoms with van der Waals surface area (Å²) in [7, 11) is 1.33. The summed E-state index contributed by atoms with van der Waals surface area (Å²) in [6.07, 6.45) is 2.16. The van der Waals surface area contributed by atoms with Crippen LogP contribution in [0.1, 0.15) is 53.4 Å². The van der Waals surface area contributed by atoms with E-state index in [1.54, 1.807) is 4.90 Å². The zero-order valence-corrected chi connectivity index (χ0v) is 14.4. The molecule has 1 rings (SSSR count). The van der Waals surface area contributed by atoms with Crippen LogP contribution in [-0.2, 0) is 19.1 Å². The van der Waals surface area contributed by atoms with Crippen LogP contribution in [0.5, 0.6) is 0 Å². The van der Waals surface area contributed by atoms with E-state index in [0.29, 0.717) is 18.9 Å². The molecule has 1 saturated heterocycles. The number of carbonyl (C=O) groups is 3. The fourth-order valence-electron chi connectivity index (χ4n) is 2.99. The predicted molar refractivity (Wildman–Crippen MR) is 84.2 cm³/mol. The predicted octanol–water partition coefficient (Wildman–Crippen LogP) is 2.43. The first-order valence-corrected chi connectivity index (χ1v) is 8.17. The Kier molecular flexibility index (Phi) is 7.04. The Bertz CT molecular complexity index is 417. The van der Waals surface area contributed by atoms with Crippen molar-refractivity contribution in [3.63, 3.8) is 0 Å². The first kappa shape index (κ1) is 18.7. The number of carbonyl (C=O) groups excluding carboxylic acids is 3. The van der Waals surface area contributed by atoms with Crippen molar-refractivity contribution in [1.82, 2.24) is 4.90 Å². The Hall–Kier alpha value is -1.39. The molecule has 0 N–H and O–H groups in total. The highest BCUT2D eigenvalue weighted by atomic mass is 16.5. The second-order valence-electron chi connectivity index (χ2n) is 6.88. The molecule has 1 aliphatic heterocycles. The van der Waals surface area contributed by atoms with Gasteiger partial charge in [0.15, 0.2) is 5.78 Å². The summed E-state index contributed by atoms with van der Waals surface area (Å²) in [5, 5.41) is 0. The third-order valence-corrected chi connectivity index (χ3v) is 4.25. The van der Waals surface area contributed by atoms with E-state index in [-0.39, 0.29) is 36.0 Å². The van der Waals surface area contributed by atoms with Crippen molar-refractivity contribution in [2.75, 3.05) is 13.7 Å². The van der Waals surface area contributed by atoms with Gasteiger partial charge >= 0.3 is 5.97 Å². The molecule has 0 aliphatic carbocycles. The molecule has 0 aromatic carbocycles. The maximum Gasteiger partial charge on any atom is 0.306 e. The second-order valence-corrected chi connectivity index (χ2v) is 6.88. The van der Waals surface area contributed by atoms with Crippen molar-refractivity contribution in [1.29, 1.82) is 0 Å². The average molecular weight is 311 g/mol. The highest BCUT2D eigenvalue weighted by Crippen LogP contribution is 2.27. The van der Waals surface area contributed by atoms with Crippen LogP contribution in [0, 0.1) is 17.8 Å². The van der Waals surface area contributed by atoms with Crippen LogP contribution in [0.4, 0.5) is 0 Å². The molecule has 5 heteroatoms. The van der Waals surface area contributed by atoms with Gasteiger partial charge in [-0.2, -0.15) is 0 Å². The van der Waals surface area contributed by atoms with E-state index in [1.165, 1.54) is 7.11 Å². The van der Waals surface area contributed by atoms with E-state index in [2.05, 4.69) is 0 Å². The minimum Gasteiger partial charge on any atom is -0.469 e. The van der Waals surface area contributed by atoms with E-state index in [9.17, 15) is 14.4 Å². The fraction of sp³-hybridized carbons (Fsp3) is 0.824. The summed E-state index contributed by atoms with van der Waals surface area (Å²) in [5.41, 5.74) is 0. The van der Waals surface area contributed by atoms with Crippen LogP contribution in [0.15, 0.2) is 0 Å². The van der Waals surface area contributed by atoms with Gasteiger partial charge in [-0.3, -0.25) is 14.4 Å². The summed E-state index contributed by atoms with van der Waals surface area (Å²) in [4.78, 5) is 38.4. The van der Waals surface area contributed by atoms with Crippen molar-refractivity contribution in [3.05, 3.63) is 0 Å². The lowest BCUT2D eigenvalue weighted by Gasteiger charge is -2.29. The average Bonchev–Trinajstić information content (AvgIpc) is 2.92. The molecular formula is C17H29NO4. The topological polar surface area (TPSA) is 63.7 Å². The third kappa shape index (κ3) is 4.82. The van der Waals surface area contributed by atoms with Crippen LogP contribution in [0.25, 0.3) is 0 Å². The van der Waals surface area contributed by atoms with Crippen LogP contribution >= 0.6 is 0 Å². The van der Waals surface area contributed by atoms with Gasteiger partial charge in [-0.1, -0.05) is 27.7 Å². The minimum atomic E-state index is -0.417. The largest absolute Gasteiger partial charge is 0.469 e. The van der Waals surface area contributed by atoms with Crippen LogP contribution in [0.3, 0.4) is 0 Å². The Morgan fingerprint density at radius 1 is 1.14 bits per heavy atom. The molecule has 0 saturated carbocycles. The van der Waals surface area contributed by atoms with Crippen molar-refractivity contribution in [2.45, 2.75) is 59.4 Å². The van der Waals surface area contributed by atoms with Gasteiger partial charge in [0, 0.05) is 13.0 Å². The van der Waals surface area contributed by atoms with Gasteiger partial charge < -0.3 is 9.64 Å². The Morgan fingerprint density at radius 3 is 2.27 bits per heavy atom. The van der Waals surface area contributed by atoms with Gasteiger partial charge in [-0.05, 0) is 24.7 Å². The molecule has 0 bridgehead atoms. The molecule has 1 fully saturated rings. The number of nitrogens with zero attached hydrogens (tertiary/aromatic N) is 1. The molecule has 2 unspecified atom stereocenters. The number of hydrogen-bond acceptors (Lipinski definition) is 4. The fourth-order valence-corrected chi connectivity index (χ4v) is 2.99. The monoisotopic (exact) mass is 311 g/mol. The number of Topliss-reactive ketones (excluding diaryl/α,β-unsaturated/α-hetero) is 1. The molecule has 0 radical (unpaired) electrons. The second kappa shape index (κ2) is 8.30. The Labute approximate surface area is 133 Å². The number of methoxy groups -OCH3 is 1. The molecule has 0 spiro atoms. The SMILES string of the molecule is COC(=O)CC(C(=O)N1CCCC1C(=O)CC(C)C)C(C)C. The number of rotatable bonds is 7. The lowest BCUT2D eigenvalue weighted by Crippen LogP contribution is -2.45. The number of amides is 1. The van der Waals surface area contributed by atoms with E-state index in [1.807, 2.05) is 27.7 Å². The molecule has 126 valence electrons. The number of likely N-dealkylation sites (tertiary alicyclic amines) is 1. The number of ketones is 1. The zero-order valence-electron chi connectivity index (χ0n) is 14.4. The van der Waals surface area contributed by atoms with Gasteiger partial charge in [0.2, 0.25) is 5.91 Å². The van der Waals surface area contributed by atoms with E-state index in [4.69, 9.17) is 4.74 Å². The van der Waals surface area contributed by atoms with Crippen LogP contribution in [-0.4, -0.2) is 42.3 Å². The zero-order chi connectivity index (χ0) is 16.9. The van der Waals surface area contributed by atoms with Gasteiger partial charge in [-0.15, -0.1) is 0 Å². The smallest absolute Gasteiger partial charge is 0.306 e. The molecule has 1 aliphatic rings. The summed E-state index contributed by atoms with van der Waals surface area (Å²) in [5.74, 6) is -0.410. The summed E-state index contributed by atoms with van der Waals surface area (Å²) in [6.45, 7) is 8.47. The van der Waals surface area contributed by atoms with Gasteiger partial charge in [0.25, 0.3) is 0 Å². The maximum atomic E-state index is 12.8. The lowest BCUT2D eigenvalue weighted by atomic mass is 9.90. The number of esters is 1. The van der Waals surface area contributed by atoms with Crippen molar-refractivity contribution < 1.29 is 19.1 Å². The molecule has 0 aromatic heterocycles. The molecule has 2 atom stereocenters. The van der Waals surface area contributed by atoms with E-state index in [0.717, 1.165) is 12.8 Å². The minimum absolute atomic E-state index is 0.0352. The number of hydrogen-bond donors (Lipinski definition) is 0. The first-order chi connectivity index (χ1) is 10.3. The van der Waals surface area contributed by atoms with Crippen molar-refractivity contribution in [3.8, 4) is 0 Å². The highest BCUT2D eigenvalue weighted by Gasteiger charge is 2.38. The molecule has 1 heterocycles. The summed E-state index contributed by atoms with van der Waals surface area (Å²) < 4.78 is 4.69. The van der Waals surface area contributed by atoms with Gasteiger partial charge in [0.05, 0.1) is 25.5 Å². The highest BCUT2D eigenvalue weighted by molar-refractivity contribution is 5.91. The molecule has 22 heavy (non-hydrogen) atoms. The molecule has 1 amide bonds. The Balaban J connectivity index is 2.83. The van der Waals surface area contributed by atoms with Crippen molar-refractivity contribution >= 4 is 17.7 Å². The van der Waals surface area contributed by atoms with E-state index < -0.39 is 5.92 Å². The maximum absolute atomic E-state index is 12.8. The standard InChI is InChI=1S/C17H29NO4/c1-11(2)9-15(19)14-7-6-8-18(14)17(21)13(12(3)4)10-16(20)22-5/h11-14H,6-10H2,1-5H3. The molecule has 5 nitrogen and oxygen atoms in total. The molecule has 0 aromatic rings. The first-order valence-electron chi connectivity index (χ1n) is 8.17. The van der Waals surface area contributed by atoms with Gasteiger partial charge in [-0.25, -0.2) is 0 Å². The quantitative estimate of drug-likeness (QED) is 0.677. The Morgan fingerprint density at radius 2 is 1.77 bits per heavy atom. The van der Waals surface area contributed by atoms with Gasteiger partial charge in [0.1, 0.15) is 0 Å². The molecular weight excluding hydrogens is 282 g/mol. The summed E-state index contributed by atoms with van der Waals surface area (Å²) >= 11 is 0. The third-order valence-electron chi connectivity index (χ3n) is 4.25. The van der Waals surface area contributed by atoms with Crippen LogP contribution < -0.4 is 0 Å². The van der Waals surface area contributed by atoms with Crippen LogP contribution in [0.2, 0.25) is 0 Å². The van der Waals surface area contributed by atoms with E-state index >= 15 is 0 Å². The normalized spacial score (nSPS) is 19.6. The number of ether oxygens (including phenoxy) is 1. The summed E-state index contributed by atoms with van der Waals surface area (Å²) in [6, 6.07) is -0.311.